The molecular weight excluding hydrogens is 450 g/mol. The summed E-state index contributed by atoms with van der Waals surface area (Å²) in [5, 5.41) is 2.90. The number of halogens is 2. The quantitative estimate of drug-likeness (QED) is 0.375. The number of benzene rings is 3. The molecule has 184 valence electrons. The third kappa shape index (κ3) is 7.64. The van der Waals surface area contributed by atoms with Crippen LogP contribution in [0, 0.1) is 11.6 Å². The lowest BCUT2D eigenvalue weighted by Crippen LogP contribution is -2.52. The van der Waals surface area contributed by atoms with Gasteiger partial charge in [-0.25, -0.2) is 8.78 Å². The molecule has 0 radical (unpaired) electrons. The molecule has 3 aromatic rings. The molecule has 0 aliphatic carbocycles. The molecule has 3 aromatic carbocycles. The van der Waals surface area contributed by atoms with E-state index in [0.29, 0.717) is 6.54 Å². The monoisotopic (exact) mass is 480 g/mol. The van der Waals surface area contributed by atoms with E-state index in [1.165, 1.54) is 29.2 Å². The van der Waals surface area contributed by atoms with Crippen molar-refractivity contribution in [1.29, 1.82) is 0 Å². The molecule has 0 aliphatic heterocycles. The summed E-state index contributed by atoms with van der Waals surface area (Å²) < 4.78 is 34.0. The summed E-state index contributed by atoms with van der Waals surface area (Å²) in [5.41, 5.74) is 1.12. The Balaban J connectivity index is 1.90. The van der Waals surface area contributed by atoms with Gasteiger partial charge < -0.3 is 15.0 Å². The van der Waals surface area contributed by atoms with Gasteiger partial charge in [0, 0.05) is 25.1 Å². The summed E-state index contributed by atoms with van der Waals surface area (Å²) in [6, 6.07) is 20.3. The molecule has 0 bridgehead atoms. The first kappa shape index (κ1) is 25.9. The smallest absolute Gasteiger partial charge is 0.261 e. The standard InChI is InChI=1S/C28H30F2N2O3/c1-2-3-17-31-28(34)25(18-21-11-5-4-6-12-21)32(19-22-13-7-8-14-23(22)29)27(33)20-35-26-16-10-9-15-24(26)30/h4-16,25H,2-3,17-20H2,1H3,(H,31,34)/t25-/m0/s1. The summed E-state index contributed by atoms with van der Waals surface area (Å²) in [4.78, 5) is 28.0. The van der Waals surface area contributed by atoms with Gasteiger partial charge in [-0.3, -0.25) is 9.59 Å². The highest BCUT2D eigenvalue weighted by molar-refractivity contribution is 5.88. The average molecular weight is 481 g/mol. The zero-order chi connectivity index (χ0) is 25.0. The van der Waals surface area contributed by atoms with Gasteiger partial charge in [0.2, 0.25) is 5.91 Å². The van der Waals surface area contributed by atoms with Crippen molar-refractivity contribution in [3.8, 4) is 5.75 Å². The van der Waals surface area contributed by atoms with E-state index in [1.807, 2.05) is 37.3 Å². The van der Waals surface area contributed by atoms with Crippen molar-refractivity contribution < 1.29 is 23.1 Å². The summed E-state index contributed by atoms with van der Waals surface area (Å²) in [6.07, 6.45) is 1.93. The Kier molecular flexibility index (Phi) is 9.78. The van der Waals surface area contributed by atoms with Crippen molar-refractivity contribution in [3.63, 3.8) is 0 Å². The molecule has 5 nitrogen and oxygen atoms in total. The van der Waals surface area contributed by atoms with Gasteiger partial charge in [-0.15, -0.1) is 0 Å². The van der Waals surface area contributed by atoms with Gasteiger partial charge in [0.1, 0.15) is 11.9 Å². The Morgan fingerprint density at radius 2 is 1.57 bits per heavy atom. The van der Waals surface area contributed by atoms with E-state index >= 15 is 0 Å². The van der Waals surface area contributed by atoms with E-state index in [2.05, 4.69) is 5.32 Å². The number of nitrogens with one attached hydrogen (secondary N) is 1. The van der Waals surface area contributed by atoms with Crippen molar-refractivity contribution in [2.75, 3.05) is 13.2 Å². The lowest BCUT2D eigenvalue weighted by molar-refractivity contribution is -0.142. The first-order valence-electron chi connectivity index (χ1n) is 11.7. The maximum Gasteiger partial charge on any atom is 0.261 e. The molecular formula is C28H30F2N2O3. The highest BCUT2D eigenvalue weighted by Crippen LogP contribution is 2.19. The van der Waals surface area contributed by atoms with Crippen molar-refractivity contribution in [2.45, 2.75) is 38.8 Å². The van der Waals surface area contributed by atoms with Crippen molar-refractivity contribution in [1.82, 2.24) is 10.2 Å². The van der Waals surface area contributed by atoms with Gasteiger partial charge >= 0.3 is 0 Å². The van der Waals surface area contributed by atoms with E-state index in [4.69, 9.17) is 4.74 Å². The summed E-state index contributed by atoms with van der Waals surface area (Å²) >= 11 is 0. The van der Waals surface area contributed by atoms with Crippen LogP contribution in [0.3, 0.4) is 0 Å². The Morgan fingerprint density at radius 3 is 2.26 bits per heavy atom. The predicted molar refractivity (Wildman–Crippen MR) is 131 cm³/mol. The topological polar surface area (TPSA) is 58.6 Å². The summed E-state index contributed by atoms with van der Waals surface area (Å²) in [5.74, 6) is -2.04. The molecule has 1 atom stereocenters. The van der Waals surface area contributed by atoms with Crippen LogP contribution in [0.1, 0.15) is 30.9 Å². The minimum Gasteiger partial charge on any atom is -0.481 e. The Hall–Kier alpha value is -3.74. The van der Waals surface area contributed by atoms with Gasteiger partial charge in [0.15, 0.2) is 18.2 Å². The van der Waals surface area contributed by atoms with E-state index in [0.717, 1.165) is 18.4 Å². The Bertz CT molecular complexity index is 1110. The summed E-state index contributed by atoms with van der Waals surface area (Å²) in [7, 11) is 0. The number of hydrogen-bond donors (Lipinski definition) is 1. The summed E-state index contributed by atoms with van der Waals surface area (Å²) in [6.45, 7) is 1.85. The van der Waals surface area contributed by atoms with Crippen LogP contribution >= 0.6 is 0 Å². The predicted octanol–water partition coefficient (Wildman–Crippen LogP) is 4.90. The second-order valence-corrected chi connectivity index (χ2v) is 8.18. The van der Waals surface area contributed by atoms with Crippen molar-refractivity contribution >= 4 is 11.8 Å². The molecule has 0 spiro atoms. The molecule has 0 saturated carbocycles. The number of ether oxygens (including phenoxy) is 1. The third-order valence-corrected chi connectivity index (χ3v) is 5.59. The van der Waals surface area contributed by atoms with Gasteiger partial charge in [-0.1, -0.05) is 74.0 Å². The van der Waals surface area contributed by atoms with Gasteiger partial charge in [0.25, 0.3) is 5.91 Å². The van der Waals surface area contributed by atoms with Crippen LogP contribution in [0.25, 0.3) is 0 Å². The molecule has 1 N–H and O–H groups in total. The van der Waals surface area contributed by atoms with Crippen molar-refractivity contribution in [2.24, 2.45) is 0 Å². The molecule has 0 heterocycles. The molecule has 0 saturated heterocycles. The molecule has 0 fully saturated rings. The van der Waals surface area contributed by atoms with Crippen LogP contribution in [-0.2, 0) is 22.6 Å². The number of unbranched alkanes of at least 4 members (excludes halogenated alkanes) is 1. The molecule has 7 heteroatoms. The number of rotatable bonds is 12. The largest absolute Gasteiger partial charge is 0.481 e. The lowest BCUT2D eigenvalue weighted by Gasteiger charge is -2.31. The normalized spacial score (nSPS) is 11.5. The second kappa shape index (κ2) is 13.2. The van der Waals surface area contributed by atoms with Gasteiger partial charge in [-0.05, 0) is 30.2 Å². The van der Waals surface area contributed by atoms with Gasteiger partial charge in [-0.2, -0.15) is 0 Å². The van der Waals surface area contributed by atoms with E-state index in [1.54, 1.807) is 24.3 Å². The minimum absolute atomic E-state index is 0.0706. The Labute approximate surface area is 204 Å². The van der Waals surface area contributed by atoms with Crippen LogP contribution in [0.15, 0.2) is 78.9 Å². The van der Waals surface area contributed by atoms with Crippen LogP contribution < -0.4 is 10.1 Å². The molecule has 0 aliphatic rings. The number of carbonyl (C=O) groups is 2. The maximum atomic E-state index is 14.5. The Morgan fingerprint density at radius 1 is 0.914 bits per heavy atom. The zero-order valence-corrected chi connectivity index (χ0v) is 19.8. The fourth-order valence-corrected chi connectivity index (χ4v) is 3.65. The van der Waals surface area contributed by atoms with Crippen LogP contribution in [0.5, 0.6) is 5.75 Å². The van der Waals surface area contributed by atoms with Gasteiger partial charge in [0.05, 0.1) is 0 Å². The average Bonchev–Trinajstić information content (AvgIpc) is 2.87. The molecule has 35 heavy (non-hydrogen) atoms. The van der Waals surface area contributed by atoms with E-state index in [-0.39, 0.29) is 30.2 Å². The first-order valence-corrected chi connectivity index (χ1v) is 11.7. The molecule has 3 rings (SSSR count). The third-order valence-electron chi connectivity index (χ3n) is 5.59. The number of para-hydroxylation sites is 1. The minimum atomic E-state index is -0.911. The highest BCUT2D eigenvalue weighted by atomic mass is 19.1. The zero-order valence-electron chi connectivity index (χ0n) is 19.8. The highest BCUT2D eigenvalue weighted by Gasteiger charge is 2.31. The SMILES string of the molecule is CCCCNC(=O)[C@H](Cc1ccccc1)N(Cc1ccccc1F)C(=O)COc1ccccc1F. The van der Waals surface area contributed by atoms with Crippen LogP contribution in [-0.4, -0.2) is 35.9 Å². The number of carbonyl (C=O) groups excluding carboxylic acids is 2. The van der Waals surface area contributed by atoms with E-state index in [9.17, 15) is 18.4 Å². The fourth-order valence-electron chi connectivity index (χ4n) is 3.65. The molecule has 2 amide bonds. The van der Waals surface area contributed by atoms with Crippen LogP contribution in [0.2, 0.25) is 0 Å². The number of amides is 2. The van der Waals surface area contributed by atoms with Crippen molar-refractivity contribution in [3.05, 3.63) is 102 Å². The van der Waals surface area contributed by atoms with Crippen LogP contribution in [0.4, 0.5) is 8.78 Å². The molecule has 0 unspecified atom stereocenters. The first-order chi connectivity index (χ1) is 17.0. The lowest BCUT2D eigenvalue weighted by atomic mass is 10.0. The fraction of sp³-hybridized carbons (Fsp3) is 0.286. The number of nitrogens with zero attached hydrogens (tertiary/aromatic N) is 1. The van der Waals surface area contributed by atoms with E-state index < -0.39 is 30.2 Å². The molecule has 0 aromatic heterocycles. The number of hydrogen-bond acceptors (Lipinski definition) is 3. The maximum absolute atomic E-state index is 14.5. The second-order valence-electron chi connectivity index (χ2n) is 8.18.